The van der Waals surface area contributed by atoms with Gasteiger partial charge < -0.3 is 20.1 Å². The highest BCUT2D eigenvalue weighted by molar-refractivity contribution is 5.71. The molecule has 0 spiro atoms. The van der Waals surface area contributed by atoms with Crippen molar-refractivity contribution in [1.82, 2.24) is 4.98 Å². The quantitative estimate of drug-likeness (QED) is 0.717. The van der Waals surface area contributed by atoms with E-state index in [0.29, 0.717) is 24.8 Å². The fourth-order valence-corrected chi connectivity index (χ4v) is 3.57. The zero-order valence-corrected chi connectivity index (χ0v) is 15.9. The number of pyridine rings is 1. The number of rotatable bonds is 8. The Morgan fingerprint density at radius 3 is 2.73 bits per heavy atom. The Bertz CT molecular complexity index is 612. The highest BCUT2D eigenvalue weighted by Crippen LogP contribution is 2.35. The third kappa shape index (κ3) is 4.87. The third-order valence-electron chi connectivity index (χ3n) is 5.32. The minimum Gasteiger partial charge on any atom is -0.466 e. The number of anilines is 2. The van der Waals surface area contributed by atoms with Crippen LogP contribution in [0.25, 0.3) is 0 Å². The predicted octanol–water partition coefficient (Wildman–Crippen LogP) is 3.12. The number of nitrogens with two attached hydrogens (primary N) is 1. The minimum atomic E-state index is -0.180. The topological polar surface area (TPSA) is 77.7 Å². The fraction of sp³-hybridized carbons (Fsp3) is 0.700. The molecule has 1 atom stereocenters. The summed E-state index contributed by atoms with van der Waals surface area (Å²) in [7, 11) is 0. The summed E-state index contributed by atoms with van der Waals surface area (Å²) in [5, 5.41) is 0. The summed E-state index contributed by atoms with van der Waals surface area (Å²) in [6, 6.07) is 2.42. The van der Waals surface area contributed by atoms with Crippen LogP contribution in [0.5, 0.6) is 0 Å². The number of carbonyl (C=O) groups is 1. The van der Waals surface area contributed by atoms with Crippen LogP contribution in [0.15, 0.2) is 12.3 Å². The van der Waals surface area contributed by atoms with E-state index in [1.54, 1.807) is 0 Å². The van der Waals surface area contributed by atoms with Crippen molar-refractivity contribution in [2.75, 3.05) is 37.0 Å². The number of esters is 1. The number of ether oxygens (including phenoxy) is 2. The Kier molecular flexibility index (Phi) is 6.35. The first-order valence-electron chi connectivity index (χ1n) is 9.83. The summed E-state index contributed by atoms with van der Waals surface area (Å²) in [6.45, 7) is 6.88. The van der Waals surface area contributed by atoms with Gasteiger partial charge in [-0.3, -0.25) is 4.79 Å². The molecule has 26 heavy (non-hydrogen) atoms. The Balaban J connectivity index is 1.74. The Labute approximate surface area is 156 Å². The molecule has 1 saturated carbocycles. The second-order valence-corrected chi connectivity index (χ2v) is 7.53. The highest BCUT2D eigenvalue weighted by atomic mass is 16.5. The first-order chi connectivity index (χ1) is 12.6. The van der Waals surface area contributed by atoms with E-state index >= 15 is 0 Å². The van der Waals surface area contributed by atoms with Gasteiger partial charge in [0.2, 0.25) is 0 Å². The first-order valence-corrected chi connectivity index (χ1v) is 9.83. The van der Waals surface area contributed by atoms with Crippen molar-refractivity contribution < 1.29 is 14.3 Å². The van der Waals surface area contributed by atoms with Crippen LogP contribution in [0, 0.1) is 5.92 Å². The van der Waals surface area contributed by atoms with E-state index in [-0.39, 0.29) is 11.9 Å². The maximum absolute atomic E-state index is 11.7. The van der Waals surface area contributed by atoms with Crippen LogP contribution in [-0.4, -0.2) is 43.4 Å². The zero-order chi connectivity index (χ0) is 18.5. The summed E-state index contributed by atoms with van der Waals surface area (Å²) < 4.78 is 10.6. The Morgan fingerprint density at radius 2 is 2.12 bits per heavy atom. The normalized spacial score (nSPS) is 19.2. The second kappa shape index (κ2) is 8.71. The van der Waals surface area contributed by atoms with E-state index in [9.17, 15) is 4.79 Å². The first kappa shape index (κ1) is 19.0. The fourth-order valence-electron chi connectivity index (χ4n) is 3.57. The van der Waals surface area contributed by atoms with Crippen molar-refractivity contribution in [3.05, 3.63) is 17.8 Å². The van der Waals surface area contributed by atoms with Crippen LogP contribution < -0.4 is 10.6 Å². The van der Waals surface area contributed by atoms with Gasteiger partial charge in [0.25, 0.3) is 0 Å². The van der Waals surface area contributed by atoms with Crippen LogP contribution in [0.2, 0.25) is 0 Å². The van der Waals surface area contributed by atoms with Crippen LogP contribution in [-0.2, 0) is 14.3 Å². The Morgan fingerprint density at radius 1 is 1.38 bits per heavy atom. The molecule has 2 N–H and O–H groups in total. The van der Waals surface area contributed by atoms with Crippen molar-refractivity contribution in [3.63, 3.8) is 0 Å². The average molecular weight is 361 g/mol. The maximum Gasteiger partial charge on any atom is 0.306 e. The standard InChI is InChI=1S/C20H31N3O3/c1-3-26-19(24)10-14(2)16-11-18(21)20(22-12-16)23(13-15-4-5-15)17-6-8-25-9-7-17/h11-12,14-15,17H,3-10,13,21H2,1-2H3/t14-/m1/s1. The van der Waals surface area contributed by atoms with Crippen molar-refractivity contribution in [1.29, 1.82) is 0 Å². The van der Waals surface area contributed by atoms with Gasteiger partial charge in [-0.05, 0) is 56.1 Å². The van der Waals surface area contributed by atoms with Crippen molar-refractivity contribution in [3.8, 4) is 0 Å². The van der Waals surface area contributed by atoms with Crippen LogP contribution >= 0.6 is 0 Å². The molecule has 0 unspecified atom stereocenters. The number of hydrogen-bond acceptors (Lipinski definition) is 6. The van der Waals surface area contributed by atoms with Gasteiger partial charge >= 0.3 is 5.97 Å². The van der Waals surface area contributed by atoms with Gasteiger partial charge in [-0.15, -0.1) is 0 Å². The lowest BCUT2D eigenvalue weighted by molar-refractivity contribution is -0.143. The van der Waals surface area contributed by atoms with Crippen molar-refractivity contribution in [2.45, 2.75) is 57.9 Å². The molecule has 6 heteroatoms. The van der Waals surface area contributed by atoms with Gasteiger partial charge in [0.05, 0.1) is 18.7 Å². The summed E-state index contributed by atoms with van der Waals surface area (Å²) in [4.78, 5) is 18.8. The molecule has 6 nitrogen and oxygen atoms in total. The molecule has 2 fully saturated rings. The van der Waals surface area contributed by atoms with Crippen LogP contribution in [0.1, 0.15) is 57.4 Å². The molecule has 144 valence electrons. The summed E-state index contributed by atoms with van der Waals surface area (Å²) in [5.41, 5.74) is 8.08. The SMILES string of the molecule is CCOC(=O)C[C@@H](C)c1cnc(N(CC2CC2)C2CCOCC2)c(N)c1. The predicted molar refractivity (Wildman–Crippen MR) is 102 cm³/mol. The van der Waals surface area contributed by atoms with Crippen LogP contribution in [0.4, 0.5) is 11.5 Å². The Hall–Kier alpha value is -1.82. The van der Waals surface area contributed by atoms with E-state index in [1.165, 1.54) is 12.8 Å². The average Bonchev–Trinajstić information content (AvgIpc) is 3.45. The van der Waals surface area contributed by atoms with Gasteiger partial charge in [0.15, 0.2) is 5.82 Å². The zero-order valence-electron chi connectivity index (χ0n) is 15.9. The van der Waals surface area contributed by atoms with E-state index < -0.39 is 0 Å². The van der Waals surface area contributed by atoms with Gasteiger partial charge in [0.1, 0.15) is 0 Å². The van der Waals surface area contributed by atoms with E-state index in [0.717, 1.165) is 49.9 Å². The molecule has 2 aliphatic rings. The smallest absolute Gasteiger partial charge is 0.306 e. The van der Waals surface area contributed by atoms with Gasteiger partial charge in [-0.25, -0.2) is 4.98 Å². The number of aromatic nitrogens is 1. The lowest BCUT2D eigenvalue weighted by atomic mass is 9.99. The molecule has 1 aliphatic carbocycles. The van der Waals surface area contributed by atoms with E-state index in [4.69, 9.17) is 20.2 Å². The molecule has 3 rings (SSSR count). The number of carbonyl (C=O) groups excluding carboxylic acids is 1. The maximum atomic E-state index is 11.7. The van der Waals surface area contributed by atoms with Crippen LogP contribution in [0.3, 0.4) is 0 Å². The largest absolute Gasteiger partial charge is 0.466 e. The number of hydrogen-bond donors (Lipinski definition) is 1. The molecule has 2 heterocycles. The van der Waals surface area contributed by atoms with E-state index in [2.05, 4.69) is 4.90 Å². The third-order valence-corrected chi connectivity index (χ3v) is 5.32. The monoisotopic (exact) mass is 361 g/mol. The molecule has 0 bridgehead atoms. The molecule has 0 radical (unpaired) electrons. The van der Waals surface area contributed by atoms with E-state index in [1.807, 2.05) is 26.1 Å². The summed E-state index contributed by atoms with van der Waals surface area (Å²) in [6.07, 6.45) is 6.86. The lowest BCUT2D eigenvalue weighted by Gasteiger charge is -2.36. The number of nitrogen functional groups attached to an aromatic ring is 1. The summed E-state index contributed by atoms with van der Waals surface area (Å²) >= 11 is 0. The lowest BCUT2D eigenvalue weighted by Crippen LogP contribution is -2.41. The van der Waals surface area contributed by atoms with Crippen molar-refractivity contribution in [2.24, 2.45) is 5.92 Å². The molecule has 1 aliphatic heterocycles. The summed E-state index contributed by atoms with van der Waals surface area (Å²) in [5.74, 6) is 1.51. The molecule has 1 aromatic heterocycles. The molecular formula is C20H31N3O3. The van der Waals surface area contributed by atoms with Gasteiger partial charge in [-0.1, -0.05) is 6.92 Å². The number of nitrogens with zero attached hydrogens (tertiary/aromatic N) is 2. The molecular weight excluding hydrogens is 330 g/mol. The van der Waals surface area contributed by atoms with Gasteiger partial charge in [-0.2, -0.15) is 0 Å². The molecule has 1 aromatic rings. The highest BCUT2D eigenvalue weighted by Gasteiger charge is 2.31. The second-order valence-electron chi connectivity index (χ2n) is 7.53. The molecule has 0 amide bonds. The molecule has 1 saturated heterocycles. The van der Waals surface area contributed by atoms with Gasteiger partial charge in [0, 0.05) is 32.0 Å². The molecule has 0 aromatic carbocycles. The minimum absolute atomic E-state index is 0.0397. The van der Waals surface area contributed by atoms with Crippen molar-refractivity contribution >= 4 is 17.5 Å².